The summed E-state index contributed by atoms with van der Waals surface area (Å²) in [4.78, 5) is 11.6. The summed E-state index contributed by atoms with van der Waals surface area (Å²) in [5.41, 5.74) is 12.6. The first-order valence-electron chi connectivity index (χ1n) is 24.0. The summed E-state index contributed by atoms with van der Waals surface area (Å²) in [7, 11) is 14.5. The van der Waals surface area contributed by atoms with Crippen molar-refractivity contribution in [1.82, 2.24) is 10.6 Å². The van der Waals surface area contributed by atoms with Gasteiger partial charge >= 0.3 is 0 Å². The summed E-state index contributed by atoms with van der Waals surface area (Å²) in [5, 5.41) is 8.44. The zero-order valence-corrected chi connectivity index (χ0v) is 39.6. The molecule has 10 atom stereocenters. The standard InChI is InChI=1S/C52H72N4O8/c1-57-33-17-29(18-34(25-33)58-2)49-41-9-11-43(53-41)50(30-19-35(59-3)26-36(20-30)60-4)45-13-15-47(55-45)52(32-23-39(63-7)28-40(24-32)64-8)48-16-14-46(56-48)51(44-12-10-42(49)54-44)31-21-37(61-5)27-38(22-31)62-6/h17,19,21,23,29-32,34,36,38,40-41,43,53,56H,9-16,18,20,22,24-28H2,1-8H3/b49-42-,50-45-,51-46-,52-48-. The lowest BCUT2D eigenvalue weighted by molar-refractivity contribution is 0.0658. The van der Waals surface area contributed by atoms with Gasteiger partial charge in [-0.05, 0) is 124 Å². The van der Waals surface area contributed by atoms with Gasteiger partial charge < -0.3 is 48.5 Å². The predicted octanol–water partition coefficient (Wildman–Crippen LogP) is 8.81. The maximum atomic E-state index is 6.10. The Bertz CT molecular complexity index is 1980. The molecule has 0 amide bonds. The van der Waals surface area contributed by atoms with E-state index in [9.17, 15) is 0 Å². The summed E-state index contributed by atoms with van der Waals surface area (Å²) < 4.78 is 48.3. The van der Waals surface area contributed by atoms with E-state index in [1.807, 2.05) is 28.4 Å². The van der Waals surface area contributed by atoms with Gasteiger partial charge in [-0.1, -0.05) is 0 Å². The minimum Gasteiger partial charge on any atom is -0.501 e. The quantitative estimate of drug-likeness (QED) is 0.197. The molecule has 0 spiro atoms. The molecule has 8 bridgehead atoms. The van der Waals surface area contributed by atoms with E-state index in [1.54, 1.807) is 28.4 Å². The number of hydrogen-bond donors (Lipinski definition) is 2. The smallest absolute Gasteiger partial charge is 0.0947 e. The second kappa shape index (κ2) is 19.9. The summed E-state index contributed by atoms with van der Waals surface area (Å²) >= 11 is 0. The Balaban J connectivity index is 1.27. The van der Waals surface area contributed by atoms with Crippen LogP contribution in [0.2, 0.25) is 0 Å². The van der Waals surface area contributed by atoms with Crippen molar-refractivity contribution >= 4 is 11.4 Å². The number of ether oxygens (including phenoxy) is 8. The molecule has 0 saturated carbocycles. The van der Waals surface area contributed by atoms with Crippen molar-refractivity contribution in [2.45, 2.75) is 139 Å². The van der Waals surface area contributed by atoms with E-state index in [2.05, 4.69) is 34.9 Å². The minimum atomic E-state index is 0.0552. The zero-order chi connectivity index (χ0) is 44.5. The van der Waals surface area contributed by atoms with Gasteiger partial charge in [0.15, 0.2) is 0 Å². The van der Waals surface area contributed by atoms with Gasteiger partial charge in [0.05, 0.1) is 75.9 Å². The monoisotopic (exact) mass is 881 g/mol. The molecule has 9 aliphatic rings. The lowest BCUT2D eigenvalue weighted by atomic mass is 9.81. The Morgan fingerprint density at radius 3 is 1.12 bits per heavy atom. The molecule has 2 fully saturated rings. The highest BCUT2D eigenvalue weighted by Crippen LogP contribution is 2.47. The molecule has 10 unspecified atom stereocenters. The Morgan fingerprint density at radius 1 is 0.438 bits per heavy atom. The third kappa shape index (κ3) is 9.11. The van der Waals surface area contributed by atoms with Crippen LogP contribution in [0.1, 0.15) is 103 Å². The lowest BCUT2D eigenvalue weighted by Gasteiger charge is -2.34. The van der Waals surface area contributed by atoms with E-state index < -0.39 is 0 Å². The third-order valence-electron chi connectivity index (χ3n) is 15.8. The van der Waals surface area contributed by atoms with Crippen molar-refractivity contribution in [3.05, 3.63) is 92.4 Å². The highest BCUT2D eigenvalue weighted by Gasteiger charge is 2.43. The zero-order valence-electron chi connectivity index (χ0n) is 39.6. The van der Waals surface area contributed by atoms with Gasteiger partial charge in [0.1, 0.15) is 0 Å². The fourth-order valence-electron chi connectivity index (χ4n) is 12.6. The normalized spacial score (nSPS) is 39.0. The average molecular weight is 881 g/mol. The Morgan fingerprint density at radius 2 is 0.781 bits per heavy atom. The van der Waals surface area contributed by atoms with E-state index in [4.69, 9.17) is 47.9 Å². The van der Waals surface area contributed by atoms with Crippen molar-refractivity contribution in [2.24, 2.45) is 33.7 Å². The van der Waals surface area contributed by atoms with Crippen molar-refractivity contribution in [3.63, 3.8) is 0 Å². The van der Waals surface area contributed by atoms with Crippen molar-refractivity contribution in [1.29, 1.82) is 0 Å². The molecule has 2 saturated heterocycles. The second-order valence-electron chi connectivity index (χ2n) is 19.1. The largest absolute Gasteiger partial charge is 0.501 e. The van der Waals surface area contributed by atoms with Crippen molar-refractivity contribution < 1.29 is 37.9 Å². The van der Waals surface area contributed by atoms with Crippen molar-refractivity contribution in [2.75, 3.05) is 56.9 Å². The van der Waals surface area contributed by atoms with Crippen LogP contribution in [-0.2, 0) is 37.9 Å². The first-order chi connectivity index (χ1) is 31.3. The van der Waals surface area contributed by atoms with Crippen LogP contribution in [0.4, 0.5) is 0 Å². The third-order valence-corrected chi connectivity index (χ3v) is 15.8. The molecule has 4 aliphatic carbocycles. The number of methoxy groups -OCH3 is 8. The molecule has 0 aromatic carbocycles. The molecule has 0 aromatic heterocycles. The van der Waals surface area contributed by atoms with Crippen LogP contribution < -0.4 is 10.6 Å². The number of nitrogens with one attached hydrogen (secondary N) is 2. The molecular formula is C52H72N4O8. The topological polar surface area (TPSA) is 123 Å². The van der Waals surface area contributed by atoms with E-state index in [0.29, 0.717) is 0 Å². The fourth-order valence-corrected chi connectivity index (χ4v) is 12.6. The number of allylic oxidation sites excluding steroid dienone is 10. The Labute approximate surface area is 381 Å². The summed E-state index contributed by atoms with van der Waals surface area (Å²) in [5.74, 6) is 4.36. The molecule has 0 radical (unpaired) electrons. The maximum Gasteiger partial charge on any atom is 0.0947 e. The molecule has 5 heterocycles. The fraction of sp³-hybridized carbons (Fsp3) is 0.654. The van der Waals surface area contributed by atoms with Crippen molar-refractivity contribution in [3.8, 4) is 0 Å². The molecular weight excluding hydrogens is 809 g/mol. The summed E-state index contributed by atoms with van der Waals surface area (Å²) in [6, 6.07) is 0.250. The Kier molecular flexibility index (Phi) is 14.1. The van der Waals surface area contributed by atoms with Gasteiger partial charge in [0, 0.05) is 124 Å². The van der Waals surface area contributed by atoms with Gasteiger partial charge in [-0.2, -0.15) is 0 Å². The van der Waals surface area contributed by atoms with Crippen LogP contribution in [-0.4, -0.2) is 105 Å². The highest BCUT2D eigenvalue weighted by atomic mass is 16.5. The van der Waals surface area contributed by atoms with Crippen LogP contribution in [0.15, 0.2) is 102 Å². The van der Waals surface area contributed by atoms with E-state index in [-0.39, 0.29) is 60.2 Å². The molecule has 5 aliphatic heterocycles. The molecule has 12 heteroatoms. The van der Waals surface area contributed by atoms with Crippen LogP contribution >= 0.6 is 0 Å². The first-order valence-corrected chi connectivity index (χ1v) is 24.0. The average Bonchev–Trinajstić information content (AvgIpc) is 4.19. The SMILES string of the molecule is COC1=CC(/C2=C3\CC/C(=C(\C4C=C(OC)CC(OC)C4)C4=N/C(=C(/C5C=C(OC)CC(OC)C5)C5CCC(N5)/C(C5C=C(OC)CC(OC)C5)=C5/CCC2=N5)CC4)N3)CC(OC)C1. The number of fused-ring (bicyclic) bond motifs is 6. The van der Waals surface area contributed by atoms with Crippen LogP contribution in [0.5, 0.6) is 0 Å². The number of nitrogens with zero attached hydrogens (tertiary/aromatic N) is 2. The van der Waals surface area contributed by atoms with Crippen LogP contribution in [0.25, 0.3) is 0 Å². The van der Waals surface area contributed by atoms with E-state index in [1.165, 1.54) is 56.5 Å². The number of hydrogen-bond acceptors (Lipinski definition) is 12. The van der Waals surface area contributed by atoms with Gasteiger partial charge in [-0.15, -0.1) is 0 Å². The van der Waals surface area contributed by atoms with Crippen LogP contribution in [0, 0.1) is 23.7 Å². The van der Waals surface area contributed by atoms with Gasteiger partial charge in [0.25, 0.3) is 0 Å². The number of rotatable bonds is 12. The van der Waals surface area contributed by atoms with Gasteiger partial charge in [-0.3, -0.25) is 9.98 Å². The maximum absolute atomic E-state index is 6.10. The summed E-state index contributed by atoms with van der Waals surface area (Å²) in [6.07, 6.45) is 23.6. The lowest BCUT2D eigenvalue weighted by Crippen LogP contribution is -2.38. The first kappa shape index (κ1) is 45.2. The van der Waals surface area contributed by atoms with E-state index in [0.717, 1.165) is 126 Å². The summed E-state index contributed by atoms with van der Waals surface area (Å²) in [6.45, 7) is 0. The molecule has 64 heavy (non-hydrogen) atoms. The van der Waals surface area contributed by atoms with E-state index >= 15 is 0 Å². The molecule has 9 rings (SSSR count). The Hall–Kier alpha value is -3.94. The molecule has 12 nitrogen and oxygen atoms in total. The van der Waals surface area contributed by atoms with Crippen LogP contribution in [0.3, 0.4) is 0 Å². The second-order valence-corrected chi connectivity index (χ2v) is 19.1. The molecule has 0 aromatic rings. The highest BCUT2D eigenvalue weighted by molar-refractivity contribution is 6.05. The molecule has 348 valence electrons. The van der Waals surface area contributed by atoms with Gasteiger partial charge in [-0.25, -0.2) is 0 Å². The van der Waals surface area contributed by atoms with Gasteiger partial charge in [0.2, 0.25) is 0 Å². The molecule has 2 N–H and O–H groups in total. The number of aliphatic imine (C=N–C) groups is 2. The minimum absolute atomic E-state index is 0.0552. The predicted molar refractivity (Wildman–Crippen MR) is 248 cm³/mol.